The van der Waals surface area contributed by atoms with Crippen molar-refractivity contribution in [2.45, 2.75) is 31.9 Å². The number of ether oxygens (including phenoxy) is 1. The monoisotopic (exact) mass is 385 g/mol. The molecular formula is C21H28FN5O. The van der Waals surface area contributed by atoms with Crippen molar-refractivity contribution in [1.82, 2.24) is 15.6 Å². The van der Waals surface area contributed by atoms with E-state index in [9.17, 15) is 4.39 Å². The Bertz CT molecular complexity index is 762. The van der Waals surface area contributed by atoms with E-state index in [0.717, 1.165) is 37.7 Å². The van der Waals surface area contributed by atoms with E-state index >= 15 is 0 Å². The molecule has 1 aliphatic heterocycles. The summed E-state index contributed by atoms with van der Waals surface area (Å²) < 4.78 is 19.3. The molecule has 7 heteroatoms. The van der Waals surface area contributed by atoms with Crippen LogP contribution in [-0.4, -0.2) is 49.8 Å². The third-order valence-electron chi connectivity index (χ3n) is 4.75. The molecule has 6 nitrogen and oxygen atoms in total. The van der Waals surface area contributed by atoms with E-state index in [0.29, 0.717) is 12.6 Å². The standard InChI is InChI=1S/C21H28FN5O/c1-16(28-19-8-4-3-7-18(19)22)15-25-21(23-2)26-17-10-13-27(14-11-17)20-9-5-6-12-24-20/h3-9,12,16-17H,10-11,13-15H2,1-2H3,(H2,23,25,26). The Hall–Kier alpha value is -2.83. The maximum absolute atomic E-state index is 13.7. The summed E-state index contributed by atoms with van der Waals surface area (Å²) in [5.74, 6) is 1.68. The lowest BCUT2D eigenvalue weighted by Gasteiger charge is -2.33. The van der Waals surface area contributed by atoms with Gasteiger partial charge in [0.05, 0.1) is 6.54 Å². The van der Waals surface area contributed by atoms with Gasteiger partial charge in [-0.05, 0) is 44.0 Å². The average molecular weight is 385 g/mol. The number of hydrogen-bond acceptors (Lipinski definition) is 4. The van der Waals surface area contributed by atoms with Crippen LogP contribution in [0.15, 0.2) is 53.7 Å². The van der Waals surface area contributed by atoms with Crippen molar-refractivity contribution in [2.24, 2.45) is 4.99 Å². The highest BCUT2D eigenvalue weighted by atomic mass is 19.1. The van der Waals surface area contributed by atoms with Crippen LogP contribution in [0, 0.1) is 5.82 Å². The molecule has 2 heterocycles. The van der Waals surface area contributed by atoms with Gasteiger partial charge in [0.25, 0.3) is 0 Å². The minimum absolute atomic E-state index is 0.193. The van der Waals surface area contributed by atoms with Gasteiger partial charge in [-0.3, -0.25) is 4.99 Å². The Labute approximate surface area is 165 Å². The minimum atomic E-state index is -0.350. The van der Waals surface area contributed by atoms with E-state index in [1.165, 1.54) is 6.07 Å². The van der Waals surface area contributed by atoms with E-state index < -0.39 is 0 Å². The second kappa shape index (κ2) is 9.92. The number of aromatic nitrogens is 1. The molecule has 1 atom stereocenters. The summed E-state index contributed by atoms with van der Waals surface area (Å²) in [7, 11) is 1.75. The van der Waals surface area contributed by atoms with E-state index in [4.69, 9.17) is 4.74 Å². The first-order valence-corrected chi connectivity index (χ1v) is 9.70. The summed E-state index contributed by atoms with van der Waals surface area (Å²) >= 11 is 0. The predicted molar refractivity (Wildman–Crippen MR) is 110 cm³/mol. The number of anilines is 1. The second-order valence-electron chi connectivity index (χ2n) is 6.91. The van der Waals surface area contributed by atoms with Crippen LogP contribution >= 0.6 is 0 Å². The van der Waals surface area contributed by atoms with E-state index in [1.807, 2.05) is 31.3 Å². The summed E-state index contributed by atoms with van der Waals surface area (Å²) in [5, 5.41) is 6.74. The molecule has 1 aromatic carbocycles. The van der Waals surface area contributed by atoms with Gasteiger partial charge in [-0.25, -0.2) is 9.37 Å². The third kappa shape index (κ3) is 5.58. The number of rotatable bonds is 6. The zero-order chi connectivity index (χ0) is 19.8. The van der Waals surface area contributed by atoms with Crippen LogP contribution in [-0.2, 0) is 0 Å². The Morgan fingerprint density at radius 3 is 2.68 bits per heavy atom. The highest BCUT2D eigenvalue weighted by molar-refractivity contribution is 5.80. The number of nitrogens with one attached hydrogen (secondary N) is 2. The molecule has 1 fully saturated rings. The van der Waals surface area contributed by atoms with Gasteiger partial charge in [0.2, 0.25) is 0 Å². The molecule has 0 amide bonds. The number of nitrogens with zero attached hydrogens (tertiary/aromatic N) is 3. The van der Waals surface area contributed by atoms with Gasteiger partial charge < -0.3 is 20.3 Å². The van der Waals surface area contributed by atoms with Gasteiger partial charge in [-0.1, -0.05) is 18.2 Å². The SMILES string of the molecule is CN=C(NCC(C)Oc1ccccc1F)NC1CCN(c2ccccn2)CC1. The summed E-state index contributed by atoms with van der Waals surface area (Å²) in [6, 6.07) is 12.8. The van der Waals surface area contributed by atoms with Crippen LogP contribution in [0.1, 0.15) is 19.8 Å². The van der Waals surface area contributed by atoms with Crippen molar-refractivity contribution in [2.75, 3.05) is 31.6 Å². The highest BCUT2D eigenvalue weighted by Gasteiger charge is 2.21. The Balaban J connectivity index is 1.42. The maximum atomic E-state index is 13.7. The lowest BCUT2D eigenvalue weighted by Crippen LogP contribution is -2.50. The molecule has 0 radical (unpaired) electrons. The van der Waals surface area contributed by atoms with E-state index in [-0.39, 0.29) is 17.7 Å². The predicted octanol–water partition coefficient (Wildman–Crippen LogP) is 2.82. The molecule has 1 aliphatic rings. The molecule has 3 rings (SSSR count). The smallest absolute Gasteiger partial charge is 0.191 e. The second-order valence-corrected chi connectivity index (χ2v) is 6.91. The maximum Gasteiger partial charge on any atom is 0.191 e. The number of aliphatic imine (C=N–C) groups is 1. The molecule has 1 unspecified atom stereocenters. The van der Waals surface area contributed by atoms with E-state index in [2.05, 4.69) is 25.5 Å². The first-order valence-electron chi connectivity index (χ1n) is 9.70. The van der Waals surface area contributed by atoms with Crippen LogP contribution in [0.3, 0.4) is 0 Å². The lowest BCUT2D eigenvalue weighted by molar-refractivity contribution is 0.214. The van der Waals surface area contributed by atoms with Crippen molar-refractivity contribution in [3.05, 3.63) is 54.5 Å². The molecule has 0 bridgehead atoms. The minimum Gasteiger partial charge on any atom is -0.486 e. The van der Waals surface area contributed by atoms with Crippen molar-refractivity contribution in [3.8, 4) is 5.75 Å². The van der Waals surface area contributed by atoms with Crippen molar-refractivity contribution < 1.29 is 9.13 Å². The Kier molecular flexibility index (Phi) is 7.06. The van der Waals surface area contributed by atoms with Gasteiger partial charge >= 0.3 is 0 Å². The number of benzene rings is 1. The first-order chi connectivity index (χ1) is 13.7. The number of pyridine rings is 1. The fourth-order valence-electron chi connectivity index (χ4n) is 3.22. The van der Waals surface area contributed by atoms with Crippen LogP contribution in [0.5, 0.6) is 5.75 Å². The Morgan fingerprint density at radius 2 is 2.00 bits per heavy atom. The average Bonchev–Trinajstić information content (AvgIpc) is 2.74. The molecular weight excluding hydrogens is 357 g/mol. The largest absolute Gasteiger partial charge is 0.486 e. The van der Waals surface area contributed by atoms with Crippen LogP contribution in [0.25, 0.3) is 0 Å². The quantitative estimate of drug-likeness (QED) is 0.591. The zero-order valence-corrected chi connectivity index (χ0v) is 16.4. The normalized spacial score (nSPS) is 16.5. The summed E-state index contributed by atoms with van der Waals surface area (Å²) in [5.41, 5.74) is 0. The number of piperidine rings is 1. The molecule has 0 spiro atoms. The molecule has 150 valence electrons. The van der Waals surface area contributed by atoms with Gasteiger partial charge in [0.1, 0.15) is 11.9 Å². The van der Waals surface area contributed by atoms with E-state index in [1.54, 1.807) is 25.2 Å². The molecule has 2 N–H and O–H groups in total. The molecule has 28 heavy (non-hydrogen) atoms. The molecule has 1 aromatic heterocycles. The van der Waals surface area contributed by atoms with Crippen LogP contribution in [0.2, 0.25) is 0 Å². The number of guanidine groups is 1. The molecule has 0 saturated carbocycles. The van der Waals surface area contributed by atoms with Gasteiger partial charge in [0, 0.05) is 32.4 Å². The highest BCUT2D eigenvalue weighted by Crippen LogP contribution is 2.18. The number of hydrogen-bond donors (Lipinski definition) is 2. The van der Waals surface area contributed by atoms with Gasteiger partial charge in [-0.15, -0.1) is 0 Å². The number of para-hydroxylation sites is 1. The topological polar surface area (TPSA) is 61.8 Å². The summed E-state index contributed by atoms with van der Waals surface area (Å²) in [6.07, 6.45) is 3.66. The van der Waals surface area contributed by atoms with Crippen molar-refractivity contribution >= 4 is 11.8 Å². The number of halogens is 1. The summed E-state index contributed by atoms with van der Waals surface area (Å²) in [6.45, 7) is 4.34. The first kappa shape index (κ1) is 19.9. The van der Waals surface area contributed by atoms with Gasteiger partial charge in [-0.2, -0.15) is 0 Å². The van der Waals surface area contributed by atoms with Gasteiger partial charge in [0.15, 0.2) is 17.5 Å². The third-order valence-corrected chi connectivity index (χ3v) is 4.75. The van der Waals surface area contributed by atoms with Crippen LogP contribution in [0.4, 0.5) is 10.2 Å². The fraction of sp³-hybridized carbons (Fsp3) is 0.429. The lowest BCUT2D eigenvalue weighted by atomic mass is 10.1. The molecule has 2 aromatic rings. The Morgan fingerprint density at radius 1 is 1.25 bits per heavy atom. The fourth-order valence-corrected chi connectivity index (χ4v) is 3.22. The molecule has 0 aliphatic carbocycles. The molecule has 1 saturated heterocycles. The van der Waals surface area contributed by atoms with Crippen molar-refractivity contribution in [3.63, 3.8) is 0 Å². The zero-order valence-electron chi connectivity index (χ0n) is 16.4. The van der Waals surface area contributed by atoms with Crippen molar-refractivity contribution in [1.29, 1.82) is 0 Å². The summed E-state index contributed by atoms with van der Waals surface area (Å²) in [4.78, 5) is 11.0. The van der Waals surface area contributed by atoms with Crippen LogP contribution < -0.4 is 20.3 Å².